The summed E-state index contributed by atoms with van der Waals surface area (Å²) >= 11 is 0. The molecule has 2 unspecified atom stereocenters. The molecule has 2 aliphatic rings. The molecule has 1 saturated carbocycles. The topological polar surface area (TPSA) is 62.2 Å². The van der Waals surface area contributed by atoms with Gasteiger partial charge in [0.25, 0.3) is 0 Å². The standard InChI is InChI=1S/C38H41N4O2/c1-8-39-29-17-9-25(10-18-29)33(26-11-19-30(20-12-26)40(2)3)35-37(43)36(38(35)44)34(27-13-21-31(22-14-27)41(4)5)28-15-23-32(24-16-28)42(6)7/h9-24,35,37H,8H2,1-7H3/q-1. The normalized spacial score (nSPS) is 17.4. The average molecular weight is 586 g/mol. The van der Waals surface area contributed by atoms with Crippen molar-refractivity contribution in [1.82, 2.24) is 0 Å². The van der Waals surface area contributed by atoms with Gasteiger partial charge in [0, 0.05) is 71.8 Å². The zero-order chi connectivity index (χ0) is 31.5. The van der Waals surface area contributed by atoms with E-state index in [4.69, 9.17) is 0 Å². The van der Waals surface area contributed by atoms with Gasteiger partial charge in [-0.05, 0) is 94.5 Å². The predicted molar refractivity (Wildman–Crippen MR) is 184 cm³/mol. The lowest BCUT2D eigenvalue weighted by Crippen LogP contribution is -2.54. The van der Waals surface area contributed by atoms with E-state index in [1.54, 1.807) is 0 Å². The molecule has 0 aromatic heterocycles. The van der Waals surface area contributed by atoms with Crippen LogP contribution in [-0.4, -0.2) is 66.4 Å². The Bertz CT molecular complexity index is 1600. The minimum absolute atomic E-state index is 0.123. The summed E-state index contributed by atoms with van der Waals surface area (Å²) in [5, 5.41) is 14.4. The van der Waals surface area contributed by atoms with Gasteiger partial charge in [-0.1, -0.05) is 54.7 Å². The molecule has 0 amide bonds. The lowest BCUT2D eigenvalue weighted by molar-refractivity contribution is -0.418. The van der Waals surface area contributed by atoms with Gasteiger partial charge >= 0.3 is 0 Å². The zero-order valence-corrected chi connectivity index (χ0v) is 26.7. The molecule has 3 aromatic rings. The van der Waals surface area contributed by atoms with Crippen molar-refractivity contribution in [2.75, 3.05) is 63.5 Å². The van der Waals surface area contributed by atoms with Crippen LogP contribution < -0.4 is 19.8 Å². The van der Waals surface area contributed by atoms with Gasteiger partial charge < -0.3 is 19.8 Å². The molecule has 0 spiro atoms. The molecule has 0 bridgehead atoms. The van der Waals surface area contributed by atoms with Crippen molar-refractivity contribution in [1.29, 1.82) is 0 Å². The molecule has 3 aromatic carbocycles. The van der Waals surface area contributed by atoms with E-state index in [0.717, 1.165) is 50.6 Å². The smallest absolute Gasteiger partial charge is 0.165 e. The third-order valence-electron chi connectivity index (χ3n) is 8.27. The van der Waals surface area contributed by atoms with Crippen LogP contribution in [0.5, 0.6) is 0 Å². The molecule has 6 heteroatoms. The molecule has 0 aliphatic heterocycles. The quantitative estimate of drug-likeness (QED) is 0.320. The lowest BCUT2D eigenvalue weighted by Gasteiger charge is -2.46. The minimum Gasteiger partial charge on any atom is -0.848 e. The maximum Gasteiger partial charge on any atom is 0.165 e. The second-order valence-corrected chi connectivity index (χ2v) is 11.8. The molecule has 1 fully saturated rings. The number of nitrogens with zero attached hydrogens (tertiary/aromatic N) is 4. The van der Waals surface area contributed by atoms with Gasteiger partial charge in [0.15, 0.2) is 5.78 Å². The summed E-state index contributed by atoms with van der Waals surface area (Å²) in [6.07, 6.45) is 6.65. The average Bonchev–Trinajstić information content (AvgIpc) is 3.03. The minimum atomic E-state index is -1.22. The van der Waals surface area contributed by atoms with Gasteiger partial charge in [-0.3, -0.25) is 9.79 Å². The number of carbonyl (C=O) groups excluding carboxylic acids is 1. The molecule has 0 radical (unpaired) electrons. The highest BCUT2D eigenvalue weighted by Gasteiger charge is 2.43. The Morgan fingerprint density at radius 3 is 1.43 bits per heavy atom. The summed E-state index contributed by atoms with van der Waals surface area (Å²) < 4.78 is 0. The van der Waals surface area contributed by atoms with E-state index < -0.39 is 12.0 Å². The van der Waals surface area contributed by atoms with Crippen molar-refractivity contribution in [3.05, 3.63) is 125 Å². The van der Waals surface area contributed by atoms with Crippen LogP contribution in [0.1, 0.15) is 23.6 Å². The van der Waals surface area contributed by atoms with Crippen molar-refractivity contribution in [3.63, 3.8) is 0 Å². The Hall–Kier alpha value is -4.68. The van der Waals surface area contributed by atoms with Gasteiger partial charge in [-0.25, -0.2) is 0 Å². The van der Waals surface area contributed by atoms with Crippen molar-refractivity contribution in [3.8, 4) is 0 Å². The first-order valence-corrected chi connectivity index (χ1v) is 15.0. The SMILES string of the molecule is CCN=C1C=CC(=C(c2ccc(N(C)C)cc2)C2C(=O)C(=C(c3ccc(N(C)C)cc3)c3ccc(N(C)C)cc3)C2[O-])C=C1. The Kier molecular flexibility index (Phi) is 9.02. The molecule has 44 heavy (non-hydrogen) atoms. The van der Waals surface area contributed by atoms with Crippen LogP contribution in [0, 0.1) is 5.92 Å². The molecule has 5 rings (SSSR count). The number of hydrogen-bond acceptors (Lipinski definition) is 6. The van der Waals surface area contributed by atoms with E-state index in [-0.39, 0.29) is 5.78 Å². The fraction of sp³-hybridized carbons (Fsp3) is 0.263. The maximum absolute atomic E-state index is 14.4. The largest absolute Gasteiger partial charge is 0.848 e. The molecule has 2 aliphatic carbocycles. The Morgan fingerprint density at radius 2 is 1.07 bits per heavy atom. The zero-order valence-electron chi connectivity index (χ0n) is 26.7. The second kappa shape index (κ2) is 12.9. The van der Waals surface area contributed by atoms with E-state index in [9.17, 15) is 9.90 Å². The van der Waals surface area contributed by atoms with Gasteiger partial charge in [0.2, 0.25) is 0 Å². The molecular formula is C38H41N4O2-. The predicted octanol–water partition coefficient (Wildman–Crippen LogP) is 5.66. The molecular weight excluding hydrogens is 544 g/mol. The van der Waals surface area contributed by atoms with Gasteiger partial charge in [-0.15, -0.1) is 0 Å². The van der Waals surface area contributed by atoms with E-state index in [2.05, 4.69) is 4.99 Å². The van der Waals surface area contributed by atoms with Crippen LogP contribution in [0.3, 0.4) is 0 Å². The number of hydrogen-bond donors (Lipinski definition) is 0. The number of benzene rings is 3. The monoisotopic (exact) mass is 585 g/mol. The Balaban J connectivity index is 1.64. The van der Waals surface area contributed by atoms with Crippen molar-refractivity contribution >= 4 is 39.7 Å². The fourth-order valence-corrected chi connectivity index (χ4v) is 5.79. The summed E-state index contributed by atoms with van der Waals surface area (Å²) in [5.41, 5.74) is 9.29. The molecule has 0 heterocycles. The number of Topliss-reactive ketones (excluding diaryl/α,β-unsaturated/α-hetero) is 1. The maximum atomic E-state index is 14.4. The summed E-state index contributed by atoms with van der Waals surface area (Å²) in [5.74, 6) is -0.927. The number of aliphatic imine (C=N–C) groups is 1. The highest BCUT2D eigenvalue weighted by molar-refractivity contribution is 6.19. The van der Waals surface area contributed by atoms with Crippen LogP contribution >= 0.6 is 0 Å². The fourth-order valence-electron chi connectivity index (χ4n) is 5.79. The van der Waals surface area contributed by atoms with Gasteiger partial charge in [0.05, 0.1) is 5.71 Å². The third kappa shape index (κ3) is 6.03. The highest BCUT2D eigenvalue weighted by atomic mass is 16.3. The number of ketones is 1. The van der Waals surface area contributed by atoms with Crippen LogP contribution in [0.2, 0.25) is 0 Å². The first-order valence-electron chi connectivity index (χ1n) is 15.0. The Morgan fingerprint density at radius 1 is 0.659 bits per heavy atom. The second-order valence-electron chi connectivity index (χ2n) is 11.8. The summed E-state index contributed by atoms with van der Waals surface area (Å²) in [6, 6.07) is 24.2. The molecule has 2 atom stereocenters. The van der Waals surface area contributed by atoms with E-state index in [0.29, 0.717) is 17.7 Å². The summed E-state index contributed by atoms with van der Waals surface area (Å²) in [4.78, 5) is 24.9. The summed E-state index contributed by atoms with van der Waals surface area (Å²) in [6.45, 7) is 2.69. The van der Waals surface area contributed by atoms with Crippen LogP contribution in [-0.2, 0) is 4.79 Å². The van der Waals surface area contributed by atoms with Gasteiger partial charge in [0.1, 0.15) is 0 Å². The van der Waals surface area contributed by atoms with Crippen molar-refractivity contribution in [2.24, 2.45) is 10.9 Å². The number of allylic oxidation sites excluding steroid dienone is 5. The Labute approximate surface area is 261 Å². The molecule has 0 saturated heterocycles. The van der Waals surface area contributed by atoms with E-state index in [1.807, 2.05) is 161 Å². The molecule has 6 nitrogen and oxygen atoms in total. The highest BCUT2D eigenvalue weighted by Crippen LogP contribution is 2.46. The first-order chi connectivity index (χ1) is 21.1. The first kappa shape index (κ1) is 30.8. The molecule has 226 valence electrons. The van der Waals surface area contributed by atoms with Crippen molar-refractivity contribution in [2.45, 2.75) is 13.0 Å². The van der Waals surface area contributed by atoms with Crippen LogP contribution in [0.4, 0.5) is 17.1 Å². The van der Waals surface area contributed by atoms with Gasteiger partial charge in [-0.2, -0.15) is 0 Å². The third-order valence-corrected chi connectivity index (χ3v) is 8.27. The van der Waals surface area contributed by atoms with E-state index >= 15 is 0 Å². The number of anilines is 3. The molecule has 0 N–H and O–H groups in total. The summed E-state index contributed by atoms with van der Waals surface area (Å²) in [7, 11) is 12.0. The number of rotatable bonds is 8. The van der Waals surface area contributed by atoms with E-state index in [1.165, 1.54) is 0 Å². The van der Waals surface area contributed by atoms with Crippen molar-refractivity contribution < 1.29 is 9.90 Å². The lowest BCUT2D eigenvalue weighted by atomic mass is 9.65. The number of carbonyl (C=O) groups is 1. The van der Waals surface area contributed by atoms with Crippen LogP contribution in [0.15, 0.2) is 113 Å². The van der Waals surface area contributed by atoms with Crippen LogP contribution in [0.25, 0.3) is 11.1 Å².